The van der Waals surface area contributed by atoms with Crippen molar-refractivity contribution in [2.24, 2.45) is 16.7 Å². The number of methoxy groups -OCH3 is 1. The highest BCUT2D eigenvalue weighted by Gasteiger charge is 2.67. The molecule has 1 aromatic rings. The number of ether oxygens (including phenoxy) is 1. The fourth-order valence-electron chi connectivity index (χ4n) is 4.00. The van der Waals surface area contributed by atoms with Crippen LogP contribution in [0.15, 0.2) is 16.7 Å². The first-order valence-electron chi connectivity index (χ1n) is 6.67. The van der Waals surface area contributed by atoms with Gasteiger partial charge in [-0.1, -0.05) is 13.8 Å². The van der Waals surface area contributed by atoms with E-state index < -0.39 is 16.8 Å². The van der Waals surface area contributed by atoms with Gasteiger partial charge in [0.15, 0.2) is 5.78 Å². The second kappa shape index (κ2) is 3.71. The number of hydrogen-bond acceptors (Lipinski definition) is 4. The van der Waals surface area contributed by atoms with Crippen molar-refractivity contribution in [2.45, 2.75) is 33.1 Å². The smallest absolute Gasteiger partial charge is 0.320 e. The molecule has 4 nitrogen and oxygen atoms in total. The quantitative estimate of drug-likeness (QED) is 0.576. The minimum Gasteiger partial charge on any atom is -0.469 e. The molecule has 0 radical (unpaired) electrons. The molecule has 0 N–H and O–H groups in total. The molecule has 19 heavy (non-hydrogen) atoms. The van der Waals surface area contributed by atoms with Crippen LogP contribution in [0, 0.1) is 16.7 Å². The molecule has 0 aromatic carbocycles. The van der Waals surface area contributed by atoms with Crippen LogP contribution >= 0.6 is 0 Å². The van der Waals surface area contributed by atoms with Crippen molar-refractivity contribution in [3.8, 4) is 0 Å². The first-order valence-corrected chi connectivity index (χ1v) is 6.67. The highest BCUT2D eigenvalue weighted by molar-refractivity contribution is 6.15. The van der Waals surface area contributed by atoms with Crippen molar-refractivity contribution in [1.29, 1.82) is 0 Å². The van der Waals surface area contributed by atoms with Gasteiger partial charge in [0.25, 0.3) is 0 Å². The number of ketones is 1. The van der Waals surface area contributed by atoms with E-state index in [1.165, 1.54) is 13.4 Å². The third-order valence-electron chi connectivity index (χ3n) is 5.45. The van der Waals surface area contributed by atoms with Crippen molar-refractivity contribution in [1.82, 2.24) is 0 Å². The number of carbonyl (C=O) groups excluding carboxylic acids is 2. The largest absolute Gasteiger partial charge is 0.469 e. The summed E-state index contributed by atoms with van der Waals surface area (Å²) in [6.07, 6.45) is 3.59. The predicted octanol–water partition coefficient (Wildman–Crippen LogP) is 2.61. The summed E-state index contributed by atoms with van der Waals surface area (Å²) in [6, 6.07) is 1.67. The molecule has 0 spiro atoms. The molecule has 1 saturated carbocycles. The Balaban J connectivity index is 2.24. The molecule has 2 aliphatic rings. The van der Waals surface area contributed by atoms with Crippen LogP contribution < -0.4 is 0 Å². The maximum atomic E-state index is 12.9. The van der Waals surface area contributed by atoms with Gasteiger partial charge in [0.05, 0.1) is 18.9 Å². The molecule has 0 bridgehead atoms. The molecule has 2 aliphatic carbocycles. The summed E-state index contributed by atoms with van der Waals surface area (Å²) < 4.78 is 10.4. The highest BCUT2D eigenvalue weighted by Crippen LogP contribution is 2.62. The van der Waals surface area contributed by atoms with Crippen molar-refractivity contribution >= 4 is 11.8 Å². The third-order valence-corrected chi connectivity index (χ3v) is 5.45. The van der Waals surface area contributed by atoms with Crippen LogP contribution in [0.5, 0.6) is 0 Å². The van der Waals surface area contributed by atoms with E-state index in [0.29, 0.717) is 24.2 Å². The molecule has 3 rings (SSSR count). The average molecular weight is 262 g/mol. The molecular formula is C15H18O4. The van der Waals surface area contributed by atoms with Crippen LogP contribution in [0.3, 0.4) is 0 Å². The van der Waals surface area contributed by atoms with Crippen molar-refractivity contribution in [2.75, 3.05) is 7.11 Å². The zero-order valence-electron chi connectivity index (χ0n) is 11.5. The predicted molar refractivity (Wildman–Crippen MR) is 67.7 cm³/mol. The van der Waals surface area contributed by atoms with Crippen molar-refractivity contribution in [3.05, 3.63) is 23.7 Å². The van der Waals surface area contributed by atoms with Gasteiger partial charge in [-0.15, -0.1) is 0 Å². The maximum Gasteiger partial charge on any atom is 0.320 e. The minimum absolute atomic E-state index is 0.124. The first kappa shape index (κ1) is 12.5. The first-order chi connectivity index (χ1) is 8.97. The zero-order chi connectivity index (χ0) is 13.8. The second-order valence-corrected chi connectivity index (χ2v) is 6.02. The van der Waals surface area contributed by atoms with E-state index in [0.717, 1.165) is 6.42 Å². The Hall–Kier alpha value is -1.58. The van der Waals surface area contributed by atoms with E-state index in [4.69, 9.17) is 9.15 Å². The Labute approximate surface area is 112 Å². The monoisotopic (exact) mass is 262 g/mol. The van der Waals surface area contributed by atoms with Crippen LogP contribution in [-0.4, -0.2) is 18.9 Å². The van der Waals surface area contributed by atoms with Gasteiger partial charge in [-0.05, 0) is 24.8 Å². The lowest BCUT2D eigenvalue weighted by atomic mass is 9.55. The lowest BCUT2D eigenvalue weighted by Gasteiger charge is -2.45. The Morgan fingerprint density at radius 1 is 1.53 bits per heavy atom. The summed E-state index contributed by atoms with van der Waals surface area (Å²) in [6.45, 7) is 4.12. The Kier molecular flexibility index (Phi) is 2.43. The van der Waals surface area contributed by atoms with Gasteiger partial charge < -0.3 is 9.15 Å². The fraction of sp³-hybridized carbons (Fsp3) is 0.600. The lowest BCUT2D eigenvalue weighted by Crippen LogP contribution is -2.54. The summed E-state index contributed by atoms with van der Waals surface area (Å²) in [5.74, 6) is 0.479. The van der Waals surface area contributed by atoms with Gasteiger partial charge in [-0.25, -0.2) is 0 Å². The number of esters is 1. The molecular weight excluding hydrogens is 244 g/mol. The molecule has 1 heterocycles. The van der Waals surface area contributed by atoms with E-state index in [2.05, 4.69) is 6.92 Å². The number of furan rings is 1. The molecule has 0 saturated heterocycles. The highest BCUT2D eigenvalue weighted by atomic mass is 16.5. The minimum atomic E-state index is -1.03. The van der Waals surface area contributed by atoms with Gasteiger partial charge in [0.2, 0.25) is 0 Å². The van der Waals surface area contributed by atoms with E-state index in [9.17, 15) is 9.59 Å². The molecule has 3 atom stereocenters. The standard InChI is InChI=1S/C15H18O4/c1-9-4-6-15(13(17)18-3)12(16)10-5-7-19-11(10)8-14(9,15)2/h5,7,9H,4,6,8H2,1-3H3/t9-,14-,15-/m1/s1. The van der Waals surface area contributed by atoms with E-state index in [1.54, 1.807) is 6.07 Å². The average Bonchev–Trinajstić information content (AvgIpc) is 2.94. The van der Waals surface area contributed by atoms with Crippen LogP contribution in [0.1, 0.15) is 42.8 Å². The Morgan fingerprint density at radius 3 is 2.95 bits per heavy atom. The number of hydrogen-bond donors (Lipinski definition) is 0. The molecule has 4 heteroatoms. The van der Waals surface area contributed by atoms with Gasteiger partial charge in [0.1, 0.15) is 11.2 Å². The molecule has 102 valence electrons. The van der Waals surface area contributed by atoms with Gasteiger partial charge in [-0.2, -0.15) is 0 Å². The van der Waals surface area contributed by atoms with Crippen LogP contribution in [-0.2, 0) is 16.0 Å². The summed E-state index contributed by atoms with van der Waals surface area (Å²) in [5.41, 5.74) is -0.892. The third kappa shape index (κ3) is 1.24. The number of rotatable bonds is 1. The summed E-state index contributed by atoms with van der Waals surface area (Å²) >= 11 is 0. The normalized spacial score (nSPS) is 36.8. The summed E-state index contributed by atoms with van der Waals surface area (Å²) in [7, 11) is 1.36. The molecule has 0 unspecified atom stereocenters. The molecule has 0 aliphatic heterocycles. The van der Waals surface area contributed by atoms with Crippen LogP contribution in [0.2, 0.25) is 0 Å². The zero-order valence-corrected chi connectivity index (χ0v) is 11.5. The van der Waals surface area contributed by atoms with Gasteiger partial charge >= 0.3 is 5.97 Å². The summed E-state index contributed by atoms with van der Waals surface area (Å²) in [4.78, 5) is 25.3. The molecule has 1 fully saturated rings. The number of carbonyl (C=O) groups is 2. The maximum absolute atomic E-state index is 12.9. The number of Topliss-reactive ketones (excluding diaryl/α,β-unsaturated/α-hetero) is 1. The Morgan fingerprint density at radius 2 is 2.26 bits per heavy atom. The van der Waals surface area contributed by atoms with E-state index >= 15 is 0 Å². The lowest BCUT2D eigenvalue weighted by molar-refractivity contribution is -0.156. The van der Waals surface area contributed by atoms with Crippen LogP contribution in [0.25, 0.3) is 0 Å². The van der Waals surface area contributed by atoms with Crippen LogP contribution in [0.4, 0.5) is 0 Å². The fourth-order valence-corrected chi connectivity index (χ4v) is 4.00. The van der Waals surface area contributed by atoms with Gasteiger partial charge in [-0.3, -0.25) is 9.59 Å². The Bertz CT molecular complexity index is 558. The van der Waals surface area contributed by atoms with Gasteiger partial charge in [0, 0.05) is 11.8 Å². The number of fused-ring (bicyclic) bond motifs is 2. The second-order valence-electron chi connectivity index (χ2n) is 6.02. The van der Waals surface area contributed by atoms with Crippen molar-refractivity contribution < 1.29 is 18.7 Å². The SMILES string of the molecule is COC(=O)[C@]12CC[C@@H](C)[C@@]1(C)Cc1occc1C2=O. The molecule has 0 amide bonds. The van der Waals surface area contributed by atoms with E-state index in [-0.39, 0.29) is 11.7 Å². The van der Waals surface area contributed by atoms with E-state index in [1.807, 2.05) is 6.92 Å². The van der Waals surface area contributed by atoms with Crippen molar-refractivity contribution in [3.63, 3.8) is 0 Å². The summed E-state index contributed by atoms with van der Waals surface area (Å²) in [5, 5.41) is 0. The molecule has 1 aromatic heterocycles. The topological polar surface area (TPSA) is 56.5 Å².